The van der Waals surface area contributed by atoms with E-state index in [9.17, 15) is 0 Å². The van der Waals surface area contributed by atoms with Gasteiger partial charge in [-0.25, -0.2) is 0 Å². The van der Waals surface area contributed by atoms with E-state index in [1.54, 1.807) is 28.0 Å². The molecular formula is C6H7F2Zr. The third-order valence-corrected chi connectivity index (χ3v) is 2.64. The Balaban J connectivity index is 0. The van der Waals surface area contributed by atoms with Crippen LogP contribution in [0.3, 0.4) is 0 Å². The molecule has 0 N–H and O–H groups in total. The molecule has 0 aliphatic heterocycles. The first-order valence-electron chi connectivity index (χ1n) is 2.38. The Hall–Kier alpha value is 0.223. The third-order valence-electron chi connectivity index (χ3n) is 1.17. The van der Waals surface area contributed by atoms with Crippen molar-refractivity contribution in [2.45, 2.75) is 13.3 Å². The van der Waals surface area contributed by atoms with Crippen LogP contribution >= 0.6 is 0 Å². The van der Waals surface area contributed by atoms with E-state index in [1.807, 2.05) is 0 Å². The molecular weight excluding hydrogens is 201 g/mol. The second-order valence-electron chi connectivity index (χ2n) is 1.77. The van der Waals surface area contributed by atoms with Gasteiger partial charge in [0.2, 0.25) is 0 Å². The van der Waals surface area contributed by atoms with Gasteiger partial charge in [-0.05, 0) is 0 Å². The van der Waals surface area contributed by atoms with Gasteiger partial charge in [0.1, 0.15) is 0 Å². The van der Waals surface area contributed by atoms with Crippen molar-refractivity contribution >= 4 is 0 Å². The number of hydrogen-bond donors (Lipinski definition) is 0. The zero-order chi connectivity index (χ0) is 5.28. The quantitative estimate of drug-likeness (QED) is 0.378. The standard InChI is InChI=1S/C6H7.2FH.Zr/c1-6-4-2-3-5-6;;;/h2,4H,3H2,1H3;2*1H;/q;;;+2/p-2. The SMILES string of the molecule is CC1=[C]([Zr+2])CC=C1.[F-].[F-]. The zero-order valence-electron chi connectivity index (χ0n) is 5.12. The molecule has 0 saturated carbocycles. The Morgan fingerprint density at radius 2 is 2.00 bits per heavy atom. The van der Waals surface area contributed by atoms with Crippen LogP contribution in [0, 0.1) is 0 Å². The molecule has 0 fully saturated rings. The van der Waals surface area contributed by atoms with E-state index < -0.39 is 0 Å². The van der Waals surface area contributed by atoms with Gasteiger partial charge < -0.3 is 9.41 Å². The molecule has 0 spiro atoms. The third kappa shape index (κ3) is 3.05. The predicted molar refractivity (Wildman–Crippen MR) is 26.5 cm³/mol. The molecule has 49 valence electrons. The summed E-state index contributed by atoms with van der Waals surface area (Å²) in [6.45, 7) is 2.17. The van der Waals surface area contributed by atoms with E-state index in [-0.39, 0.29) is 9.41 Å². The van der Waals surface area contributed by atoms with Gasteiger partial charge in [0, 0.05) is 0 Å². The summed E-state index contributed by atoms with van der Waals surface area (Å²) < 4.78 is 1.60. The second-order valence-corrected chi connectivity index (χ2v) is 3.25. The van der Waals surface area contributed by atoms with E-state index in [0.29, 0.717) is 0 Å². The summed E-state index contributed by atoms with van der Waals surface area (Å²) in [5, 5.41) is 0. The maximum atomic E-state index is 2.22. The van der Waals surface area contributed by atoms with E-state index in [2.05, 4.69) is 19.1 Å². The Morgan fingerprint density at radius 1 is 1.44 bits per heavy atom. The predicted octanol–water partition coefficient (Wildman–Crippen LogP) is -4.22. The van der Waals surface area contributed by atoms with Gasteiger partial charge in [-0.3, -0.25) is 0 Å². The fourth-order valence-corrected chi connectivity index (χ4v) is 1.11. The first-order chi connectivity index (χ1) is 3.30. The van der Waals surface area contributed by atoms with Crippen LogP contribution in [0.25, 0.3) is 0 Å². The molecule has 1 rings (SSSR count). The van der Waals surface area contributed by atoms with Crippen LogP contribution in [0.2, 0.25) is 0 Å². The van der Waals surface area contributed by atoms with Gasteiger partial charge in [0.05, 0.1) is 0 Å². The van der Waals surface area contributed by atoms with Gasteiger partial charge in [-0.15, -0.1) is 0 Å². The Bertz CT molecular complexity index is 138. The first-order valence-corrected chi connectivity index (χ1v) is 3.61. The summed E-state index contributed by atoms with van der Waals surface area (Å²) in [5.74, 6) is 0. The molecule has 0 heterocycles. The number of rotatable bonds is 0. The molecule has 0 atom stereocenters. The van der Waals surface area contributed by atoms with Crippen LogP contribution in [-0.2, 0) is 24.7 Å². The molecule has 0 nitrogen and oxygen atoms in total. The number of hydrogen-bond acceptors (Lipinski definition) is 0. The maximum absolute atomic E-state index is 2.22. The molecule has 0 saturated heterocycles. The molecule has 0 amide bonds. The van der Waals surface area contributed by atoms with E-state index in [1.165, 1.54) is 12.0 Å². The molecule has 0 aromatic carbocycles. The molecule has 1 aliphatic rings. The molecule has 3 heteroatoms. The summed E-state index contributed by atoms with van der Waals surface area (Å²) in [6.07, 6.45) is 5.63. The zero-order valence-corrected chi connectivity index (χ0v) is 7.58. The Labute approximate surface area is 68.6 Å². The van der Waals surface area contributed by atoms with Crippen LogP contribution in [0.1, 0.15) is 13.3 Å². The van der Waals surface area contributed by atoms with Crippen LogP contribution in [0.15, 0.2) is 21.0 Å². The van der Waals surface area contributed by atoms with E-state index in [0.717, 1.165) is 0 Å². The van der Waals surface area contributed by atoms with Crippen LogP contribution in [0.4, 0.5) is 0 Å². The molecule has 9 heavy (non-hydrogen) atoms. The minimum atomic E-state index is 0. The topological polar surface area (TPSA) is 0 Å². The van der Waals surface area contributed by atoms with Crippen molar-refractivity contribution in [3.05, 3.63) is 21.0 Å². The fourth-order valence-electron chi connectivity index (χ4n) is 0.615. The fraction of sp³-hybridized carbons (Fsp3) is 0.333. The van der Waals surface area contributed by atoms with Crippen LogP contribution in [0.5, 0.6) is 0 Å². The second kappa shape index (κ2) is 5.04. The van der Waals surface area contributed by atoms with Crippen LogP contribution < -0.4 is 9.41 Å². The molecule has 0 aromatic heterocycles. The van der Waals surface area contributed by atoms with Crippen LogP contribution in [-0.4, -0.2) is 0 Å². The summed E-state index contributed by atoms with van der Waals surface area (Å²) in [7, 11) is 0. The smallest absolute Gasteiger partial charge is 1.00 e. The van der Waals surface area contributed by atoms with Crippen molar-refractivity contribution < 1.29 is 34.1 Å². The largest absolute Gasteiger partial charge is 1.00 e. The average Bonchev–Trinajstić information content (AvgIpc) is 1.91. The normalized spacial score (nSPS) is 15.0. The summed E-state index contributed by atoms with van der Waals surface area (Å²) in [4.78, 5) is 0. The van der Waals surface area contributed by atoms with Crippen molar-refractivity contribution in [2.75, 3.05) is 0 Å². The minimum absolute atomic E-state index is 0. The number of allylic oxidation sites excluding steroid dienone is 4. The molecule has 0 aromatic rings. The molecule has 0 unspecified atom stereocenters. The minimum Gasteiger partial charge on any atom is -1.00 e. The van der Waals surface area contributed by atoms with Gasteiger partial charge in [-0.2, -0.15) is 0 Å². The number of halogens is 2. The Morgan fingerprint density at radius 3 is 2.11 bits per heavy atom. The van der Waals surface area contributed by atoms with Crippen molar-refractivity contribution in [1.82, 2.24) is 0 Å². The first kappa shape index (κ1) is 12.0. The van der Waals surface area contributed by atoms with Gasteiger partial charge >= 0.3 is 59.1 Å². The summed E-state index contributed by atoms with van der Waals surface area (Å²) >= 11 is 1.58. The van der Waals surface area contributed by atoms with Crippen molar-refractivity contribution in [2.24, 2.45) is 0 Å². The monoisotopic (exact) mass is 207 g/mol. The van der Waals surface area contributed by atoms with Crippen molar-refractivity contribution in [1.29, 1.82) is 0 Å². The molecule has 0 radical (unpaired) electrons. The molecule has 0 bridgehead atoms. The van der Waals surface area contributed by atoms with Crippen molar-refractivity contribution in [3.8, 4) is 0 Å². The summed E-state index contributed by atoms with van der Waals surface area (Å²) in [5.41, 5.74) is 1.48. The average molecular weight is 208 g/mol. The van der Waals surface area contributed by atoms with E-state index in [4.69, 9.17) is 0 Å². The van der Waals surface area contributed by atoms with E-state index >= 15 is 0 Å². The van der Waals surface area contributed by atoms with Crippen molar-refractivity contribution in [3.63, 3.8) is 0 Å². The van der Waals surface area contributed by atoms with Gasteiger partial charge in [0.15, 0.2) is 0 Å². The van der Waals surface area contributed by atoms with Gasteiger partial charge in [0.25, 0.3) is 0 Å². The Kier molecular flexibility index (Phi) is 6.70. The van der Waals surface area contributed by atoms with Gasteiger partial charge in [-0.1, -0.05) is 0 Å². The molecule has 1 aliphatic carbocycles. The maximum Gasteiger partial charge on any atom is -1.00 e. The summed E-state index contributed by atoms with van der Waals surface area (Å²) in [6, 6.07) is 0.